The summed E-state index contributed by atoms with van der Waals surface area (Å²) in [7, 11) is 4.24. The molecule has 0 fully saturated rings. The van der Waals surface area contributed by atoms with Crippen molar-refractivity contribution < 1.29 is 24.7 Å². The van der Waals surface area contributed by atoms with Crippen molar-refractivity contribution in [1.29, 1.82) is 0 Å². The van der Waals surface area contributed by atoms with Crippen molar-refractivity contribution >= 4 is 0 Å². The van der Waals surface area contributed by atoms with E-state index in [-0.39, 0.29) is 30.9 Å². The first kappa shape index (κ1) is 39.4. The van der Waals surface area contributed by atoms with Gasteiger partial charge in [-0.1, -0.05) is 185 Å². The van der Waals surface area contributed by atoms with E-state index in [4.69, 9.17) is 0 Å². The summed E-state index contributed by atoms with van der Waals surface area (Å²) in [6, 6.07) is 69.5. The number of hydrogen-bond acceptors (Lipinski definition) is 0. The maximum Gasteiger partial charge on any atom is 0.115 e. The summed E-state index contributed by atoms with van der Waals surface area (Å²) in [6.07, 6.45) is 2.04. The molecule has 8 aromatic rings. The Kier molecular flexibility index (Phi) is 11.3. The Labute approximate surface area is 353 Å². The number of benzene rings is 7. The zero-order chi connectivity index (χ0) is 38.9. The van der Waals surface area contributed by atoms with Crippen molar-refractivity contribution in [2.24, 2.45) is 0 Å². The zero-order valence-corrected chi connectivity index (χ0v) is 35.8. The summed E-state index contributed by atoms with van der Waals surface area (Å²) >= 11 is 0. The Morgan fingerprint density at radius 3 is 1.30 bits per heavy atom. The van der Waals surface area contributed by atoms with Gasteiger partial charge in [-0.2, -0.15) is 0 Å². The fraction of sp³-hybridized carbons (Fsp3) is 0.127. The molecule has 0 N–H and O–H groups in total. The van der Waals surface area contributed by atoms with Crippen molar-refractivity contribution in [3.63, 3.8) is 0 Å². The van der Waals surface area contributed by atoms with Crippen LogP contribution in [0.25, 0.3) is 66.9 Å². The summed E-state index contributed by atoms with van der Waals surface area (Å²) < 4.78 is 1.93. The maximum absolute atomic E-state index is 4.24. The minimum absolute atomic E-state index is 0. The fourth-order valence-electron chi connectivity index (χ4n) is 7.61. The molecule has 1 nitrogen and oxygen atoms in total. The largest absolute Gasteiger partial charge is 0.321 e. The molecule has 8 rings (SSSR count). The van der Waals surface area contributed by atoms with E-state index in [0.717, 1.165) is 16.8 Å². The number of hydrogen-bond donors (Lipinski definition) is 0. The normalized spacial score (nSPS) is 11.5. The molecular weight excluding hydrogens is 867 g/mol. The minimum Gasteiger partial charge on any atom is -0.321 e. The molecule has 0 bridgehead atoms. The molecule has 0 saturated carbocycles. The number of aromatic nitrogens is 1. The Morgan fingerprint density at radius 2 is 0.825 bits per heavy atom. The molecule has 57 heavy (non-hydrogen) atoms. The van der Waals surface area contributed by atoms with Gasteiger partial charge < -0.3 is 4.57 Å². The first-order valence-electron chi connectivity index (χ1n) is 19.5. The van der Waals surface area contributed by atoms with Crippen molar-refractivity contribution in [3.05, 3.63) is 218 Å². The van der Waals surface area contributed by atoms with Gasteiger partial charge >= 0.3 is 0 Å². The molecule has 0 unspecified atom stereocenters. The van der Waals surface area contributed by atoms with Crippen LogP contribution < -0.4 is 4.57 Å². The fourth-order valence-corrected chi connectivity index (χ4v) is 7.61. The van der Waals surface area contributed by atoms with Crippen molar-refractivity contribution in [1.82, 2.24) is 0 Å². The molecule has 1 aromatic heterocycles. The van der Waals surface area contributed by atoms with Crippen LogP contribution in [-0.2, 0) is 30.9 Å². The third kappa shape index (κ3) is 8.49. The molecule has 7 aromatic carbocycles. The molecule has 2 heteroatoms. The molecular formula is C55H48IrN-. The van der Waals surface area contributed by atoms with E-state index in [1.165, 1.54) is 66.8 Å². The topological polar surface area (TPSA) is 3.88 Å². The molecule has 0 saturated heterocycles. The van der Waals surface area contributed by atoms with Gasteiger partial charge in [0.25, 0.3) is 0 Å². The summed E-state index contributed by atoms with van der Waals surface area (Å²) in [6.45, 7) is 11.3. The smallest absolute Gasteiger partial charge is 0.115 e. The maximum atomic E-state index is 4.24. The van der Waals surface area contributed by atoms with E-state index in [9.17, 15) is 0 Å². The van der Waals surface area contributed by atoms with Gasteiger partial charge in [0.2, 0.25) is 0 Å². The molecule has 0 aliphatic rings. The standard InChI is InChI=1S/C55H48N.Ir/c1-54(2,3)52-32-33-56(6)53(38-52)49-21-13-16-44(37-49)40-26-24-39(25-27-40)42-14-10-17-45(34-42)47-19-12-20-48(36-47)46-18-11-15-43(35-46)41-28-30-51(31-29-41)55(4,5)50-22-8-7-9-23-50;/h7-20,22-38H,6H2,1-5H3;/q-1;. The quantitative estimate of drug-likeness (QED) is 0.106. The van der Waals surface area contributed by atoms with Gasteiger partial charge in [-0.3, -0.25) is 0 Å². The first-order chi connectivity index (χ1) is 27.0. The van der Waals surface area contributed by atoms with Crippen molar-refractivity contribution in [3.8, 4) is 66.9 Å². The van der Waals surface area contributed by atoms with Crippen LogP contribution in [0.15, 0.2) is 188 Å². The third-order valence-electron chi connectivity index (χ3n) is 11.2. The van der Waals surface area contributed by atoms with Crippen LogP contribution in [0.1, 0.15) is 51.3 Å². The van der Waals surface area contributed by atoms with Gasteiger partial charge in [0, 0.05) is 32.6 Å². The predicted molar refractivity (Wildman–Crippen MR) is 236 cm³/mol. The monoisotopic (exact) mass is 915 g/mol. The van der Waals surface area contributed by atoms with Gasteiger partial charge in [0.05, 0.1) is 6.20 Å². The summed E-state index contributed by atoms with van der Waals surface area (Å²) in [5.74, 6) is 0. The number of pyridine rings is 1. The van der Waals surface area contributed by atoms with Crippen LogP contribution >= 0.6 is 0 Å². The first-order valence-corrected chi connectivity index (χ1v) is 19.5. The second-order valence-corrected chi connectivity index (χ2v) is 16.4. The van der Waals surface area contributed by atoms with E-state index in [0.29, 0.717) is 0 Å². The molecule has 0 aliphatic carbocycles. The molecule has 1 heterocycles. The molecule has 1 radical (unpaired) electrons. The molecule has 0 spiro atoms. The Hall–Kier alpha value is -5.79. The van der Waals surface area contributed by atoms with E-state index < -0.39 is 0 Å². The van der Waals surface area contributed by atoms with Gasteiger partial charge in [-0.15, -0.1) is 29.8 Å². The second-order valence-electron chi connectivity index (χ2n) is 16.4. The number of nitrogens with zero attached hydrogens (tertiary/aromatic N) is 1. The SMILES string of the molecule is [CH2-][n+]1ccc(C(C)(C)C)cc1-c1[c-]ccc(-c2ccc(-c3cccc(-c4cccc(-c5cccc(-c6ccc(C(C)(C)c7ccccc7)cc6)c5)c4)c3)cc2)c1.[Ir]. The van der Waals surface area contributed by atoms with Gasteiger partial charge in [0.15, 0.2) is 0 Å². The Balaban J connectivity index is 0.00000496. The molecule has 0 amide bonds. The van der Waals surface area contributed by atoms with Crippen LogP contribution in [0.4, 0.5) is 0 Å². The van der Waals surface area contributed by atoms with Gasteiger partial charge in [-0.05, 0) is 90.9 Å². The van der Waals surface area contributed by atoms with Crippen molar-refractivity contribution in [2.75, 3.05) is 0 Å². The van der Waals surface area contributed by atoms with Crippen LogP contribution in [0.3, 0.4) is 0 Å². The molecule has 0 atom stereocenters. The minimum atomic E-state index is -0.0642. The van der Waals surface area contributed by atoms with Crippen molar-refractivity contribution in [2.45, 2.75) is 45.4 Å². The third-order valence-corrected chi connectivity index (χ3v) is 11.2. The molecule has 283 valence electrons. The Bertz CT molecular complexity index is 2630. The van der Waals surface area contributed by atoms with Gasteiger partial charge in [-0.25, -0.2) is 0 Å². The van der Waals surface area contributed by atoms with E-state index >= 15 is 0 Å². The second kappa shape index (κ2) is 16.4. The van der Waals surface area contributed by atoms with Gasteiger partial charge in [0.1, 0.15) is 5.69 Å². The predicted octanol–water partition coefficient (Wildman–Crippen LogP) is 14.0. The summed E-state index contributed by atoms with van der Waals surface area (Å²) in [5.41, 5.74) is 17.9. The van der Waals surface area contributed by atoms with Crippen LogP contribution in [0, 0.1) is 13.1 Å². The average molecular weight is 915 g/mol. The summed E-state index contributed by atoms with van der Waals surface area (Å²) in [4.78, 5) is 0. The molecule has 0 aliphatic heterocycles. The van der Waals surface area contributed by atoms with E-state index in [1.54, 1.807) is 0 Å². The average Bonchev–Trinajstić information content (AvgIpc) is 3.24. The van der Waals surface area contributed by atoms with Crippen LogP contribution in [0.2, 0.25) is 0 Å². The number of rotatable bonds is 8. The van der Waals surface area contributed by atoms with E-state index in [1.807, 2.05) is 16.8 Å². The van der Waals surface area contributed by atoms with Crippen LogP contribution in [0.5, 0.6) is 0 Å². The van der Waals surface area contributed by atoms with Crippen LogP contribution in [-0.4, -0.2) is 0 Å². The zero-order valence-electron chi connectivity index (χ0n) is 33.4. The van der Waals surface area contributed by atoms with E-state index in [2.05, 4.69) is 224 Å². The summed E-state index contributed by atoms with van der Waals surface area (Å²) in [5, 5.41) is 0. The Morgan fingerprint density at radius 1 is 0.404 bits per heavy atom.